The molecule has 0 spiro atoms. The van der Waals surface area contributed by atoms with Crippen molar-refractivity contribution >= 4 is 13.5 Å². The first kappa shape index (κ1) is 12.6. The van der Waals surface area contributed by atoms with Crippen LogP contribution in [0.2, 0.25) is 0 Å². The van der Waals surface area contributed by atoms with Gasteiger partial charge in [0.2, 0.25) is 5.91 Å². The third-order valence-electron chi connectivity index (χ3n) is 1.45. The van der Waals surface area contributed by atoms with E-state index in [0.717, 1.165) is 0 Å². The first-order valence-corrected chi connectivity index (χ1v) is 5.95. The lowest BCUT2D eigenvalue weighted by Crippen LogP contribution is -2.28. The summed E-state index contributed by atoms with van der Waals surface area (Å²) in [6, 6.07) is 0. The van der Waals surface area contributed by atoms with Crippen molar-refractivity contribution in [3.63, 3.8) is 0 Å². The average molecular weight is 209 g/mol. The molecule has 0 atom stereocenters. The maximum Gasteiger partial charge on any atom is 0.325 e. The Balaban J connectivity index is 3.47. The zero-order valence-electron chi connectivity index (χ0n) is 7.86. The van der Waals surface area contributed by atoms with Gasteiger partial charge in [-0.05, 0) is 6.42 Å². The van der Waals surface area contributed by atoms with E-state index in [1.54, 1.807) is 13.8 Å². The average Bonchev–Trinajstić information content (AvgIpc) is 1.95. The molecule has 0 bridgehead atoms. The van der Waals surface area contributed by atoms with Crippen molar-refractivity contribution in [3.8, 4) is 0 Å². The molecule has 0 unspecified atom stereocenters. The number of nitrogens with one attached hydrogen (secondary N) is 1. The highest BCUT2D eigenvalue weighted by atomic mass is 31.2. The Morgan fingerprint density at radius 3 is 2.38 bits per heavy atom. The highest BCUT2D eigenvalue weighted by molar-refractivity contribution is 7.51. The zero-order chi connectivity index (χ0) is 10.5. The van der Waals surface area contributed by atoms with Crippen molar-refractivity contribution in [3.05, 3.63) is 0 Å². The molecule has 3 N–H and O–H groups in total. The summed E-state index contributed by atoms with van der Waals surface area (Å²) in [5.74, 6) is -0.180. The summed E-state index contributed by atoms with van der Waals surface area (Å²) in [5.41, 5.74) is 0. The minimum absolute atomic E-state index is 0.0879. The molecule has 0 aliphatic carbocycles. The molecular weight excluding hydrogens is 193 g/mol. The molecule has 0 aromatic rings. The second kappa shape index (κ2) is 5.37. The molecule has 0 saturated carbocycles. The fourth-order valence-corrected chi connectivity index (χ4v) is 1.27. The van der Waals surface area contributed by atoms with Crippen LogP contribution in [0, 0.1) is 5.92 Å². The summed E-state index contributed by atoms with van der Waals surface area (Å²) in [4.78, 5) is 27.9. The van der Waals surface area contributed by atoms with Crippen molar-refractivity contribution in [1.29, 1.82) is 0 Å². The van der Waals surface area contributed by atoms with E-state index >= 15 is 0 Å². The summed E-state index contributed by atoms with van der Waals surface area (Å²) in [7, 11) is -3.90. The smallest absolute Gasteiger partial charge is 0.325 e. The monoisotopic (exact) mass is 209 g/mol. The molecule has 0 heterocycles. The van der Waals surface area contributed by atoms with Crippen molar-refractivity contribution < 1.29 is 19.1 Å². The van der Waals surface area contributed by atoms with E-state index in [9.17, 15) is 9.36 Å². The highest BCUT2D eigenvalue weighted by Crippen LogP contribution is 2.34. The van der Waals surface area contributed by atoms with Crippen molar-refractivity contribution in [2.75, 3.05) is 12.7 Å². The Kier molecular flexibility index (Phi) is 5.21. The molecule has 5 nitrogen and oxygen atoms in total. The Morgan fingerprint density at radius 1 is 1.46 bits per heavy atom. The molecule has 0 aliphatic heterocycles. The summed E-state index contributed by atoms with van der Waals surface area (Å²) >= 11 is 0. The maximum atomic E-state index is 11.0. The van der Waals surface area contributed by atoms with E-state index in [-0.39, 0.29) is 18.0 Å². The lowest BCUT2D eigenvalue weighted by molar-refractivity contribution is -0.123. The molecule has 78 valence electrons. The van der Waals surface area contributed by atoms with Crippen LogP contribution < -0.4 is 5.32 Å². The minimum Gasteiger partial charge on any atom is -0.356 e. The Morgan fingerprint density at radius 2 is 2.00 bits per heavy atom. The Labute approximate surface area is 77.7 Å². The minimum atomic E-state index is -3.90. The molecular formula is C7H16NO4P. The van der Waals surface area contributed by atoms with E-state index in [2.05, 4.69) is 5.32 Å². The summed E-state index contributed by atoms with van der Waals surface area (Å²) in [5, 5.41) is 2.57. The number of rotatable bonds is 5. The number of carbonyl (C=O) groups excluding carboxylic acids is 1. The van der Waals surface area contributed by atoms with Crippen LogP contribution in [0.5, 0.6) is 0 Å². The van der Waals surface area contributed by atoms with Crippen LogP contribution in [0.3, 0.4) is 0 Å². The predicted octanol–water partition coefficient (Wildman–Crippen LogP) is 0.326. The quantitative estimate of drug-likeness (QED) is 0.449. The van der Waals surface area contributed by atoms with Gasteiger partial charge < -0.3 is 15.1 Å². The first-order chi connectivity index (χ1) is 5.83. The number of hydrogen-bond donors (Lipinski definition) is 3. The normalized spacial score (nSPS) is 11.8. The topological polar surface area (TPSA) is 86.6 Å². The number of amides is 1. The molecule has 0 saturated heterocycles. The molecule has 0 aliphatic rings. The van der Waals surface area contributed by atoms with E-state index in [0.29, 0.717) is 13.0 Å². The second-order valence-corrected chi connectivity index (χ2v) is 4.96. The van der Waals surface area contributed by atoms with Crippen LogP contribution in [0.25, 0.3) is 0 Å². The van der Waals surface area contributed by atoms with Crippen LogP contribution >= 0.6 is 7.60 Å². The van der Waals surface area contributed by atoms with Gasteiger partial charge in [0, 0.05) is 12.5 Å². The van der Waals surface area contributed by atoms with Gasteiger partial charge in [0.1, 0.15) is 0 Å². The summed E-state index contributed by atoms with van der Waals surface area (Å²) < 4.78 is 10.4. The fraction of sp³-hybridized carbons (Fsp3) is 0.857. The van der Waals surface area contributed by atoms with Crippen molar-refractivity contribution in [2.24, 2.45) is 5.92 Å². The van der Waals surface area contributed by atoms with Gasteiger partial charge >= 0.3 is 7.60 Å². The SMILES string of the molecule is CC(C)C(=O)NCCCP(=O)(O)O. The number of carbonyl (C=O) groups is 1. The lowest BCUT2D eigenvalue weighted by atomic mass is 10.2. The van der Waals surface area contributed by atoms with Crippen LogP contribution in [0.1, 0.15) is 20.3 Å². The van der Waals surface area contributed by atoms with Crippen molar-refractivity contribution in [1.82, 2.24) is 5.32 Å². The molecule has 0 fully saturated rings. The van der Waals surface area contributed by atoms with E-state index in [1.807, 2.05) is 0 Å². The van der Waals surface area contributed by atoms with E-state index in [4.69, 9.17) is 9.79 Å². The van der Waals surface area contributed by atoms with Gasteiger partial charge in [-0.25, -0.2) is 0 Å². The van der Waals surface area contributed by atoms with Crippen molar-refractivity contribution in [2.45, 2.75) is 20.3 Å². The maximum absolute atomic E-state index is 11.0. The van der Waals surface area contributed by atoms with Crippen LogP contribution in [0.15, 0.2) is 0 Å². The molecule has 0 aromatic heterocycles. The van der Waals surface area contributed by atoms with Crippen LogP contribution in [0.4, 0.5) is 0 Å². The van der Waals surface area contributed by atoms with Gasteiger partial charge in [0.25, 0.3) is 0 Å². The van der Waals surface area contributed by atoms with Gasteiger partial charge in [0.05, 0.1) is 6.16 Å². The zero-order valence-corrected chi connectivity index (χ0v) is 8.75. The van der Waals surface area contributed by atoms with Gasteiger partial charge in [-0.15, -0.1) is 0 Å². The van der Waals surface area contributed by atoms with Gasteiger partial charge in [-0.3, -0.25) is 9.36 Å². The molecule has 6 heteroatoms. The summed E-state index contributed by atoms with van der Waals surface area (Å²) in [6.45, 7) is 3.85. The summed E-state index contributed by atoms with van der Waals surface area (Å²) in [6.07, 6.45) is 0.133. The molecule has 0 radical (unpaired) electrons. The molecule has 1 amide bonds. The van der Waals surface area contributed by atoms with Gasteiger partial charge in [-0.1, -0.05) is 13.8 Å². The lowest BCUT2D eigenvalue weighted by Gasteiger charge is -2.07. The third-order valence-corrected chi connectivity index (χ3v) is 2.35. The standard InChI is InChI=1S/C7H16NO4P/c1-6(2)7(9)8-4-3-5-13(10,11)12/h6H,3-5H2,1-2H3,(H,8,9)(H2,10,11,12). The Hall–Kier alpha value is -0.380. The van der Waals surface area contributed by atoms with E-state index < -0.39 is 7.60 Å². The second-order valence-electron chi connectivity index (χ2n) is 3.19. The fourth-order valence-electron chi connectivity index (χ4n) is 0.701. The first-order valence-electron chi connectivity index (χ1n) is 4.15. The van der Waals surface area contributed by atoms with Crippen LogP contribution in [-0.4, -0.2) is 28.4 Å². The van der Waals surface area contributed by atoms with E-state index in [1.165, 1.54) is 0 Å². The third kappa shape index (κ3) is 7.96. The molecule has 0 rings (SSSR count). The molecule has 13 heavy (non-hydrogen) atoms. The largest absolute Gasteiger partial charge is 0.356 e. The van der Waals surface area contributed by atoms with Gasteiger partial charge in [-0.2, -0.15) is 0 Å². The highest BCUT2D eigenvalue weighted by Gasteiger charge is 2.12. The molecule has 0 aromatic carbocycles. The number of hydrogen-bond acceptors (Lipinski definition) is 2. The Bertz CT molecular complexity index is 211. The van der Waals surface area contributed by atoms with Crippen LogP contribution in [-0.2, 0) is 9.36 Å². The predicted molar refractivity (Wildman–Crippen MR) is 49.4 cm³/mol. The van der Waals surface area contributed by atoms with Gasteiger partial charge in [0.15, 0.2) is 0 Å².